The molecule has 0 rings (SSSR count). The minimum atomic E-state index is 1.06. The Balaban J connectivity index is 4.00. The van der Waals surface area contributed by atoms with Crippen molar-refractivity contribution in [3.05, 3.63) is 35.4 Å². The minimum absolute atomic E-state index is 1.06. The predicted molar refractivity (Wildman–Crippen MR) is 64.1 cm³/mol. The molecule has 0 saturated carbocycles. The third-order valence-electron chi connectivity index (χ3n) is 1.37. The first-order valence-electron chi connectivity index (χ1n) is 4.33. The molecule has 0 spiro atoms. The summed E-state index contributed by atoms with van der Waals surface area (Å²) in [4.78, 5) is 4.36. The van der Waals surface area contributed by atoms with Gasteiger partial charge in [-0.25, -0.2) is 0 Å². The van der Waals surface area contributed by atoms with Crippen molar-refractivity contribution >= 4 is 16.8 Å². The summed E-state index contributed by atoms with van der Waals surface area (Å²) in [5.41, 5.74) is 1.06. The Morgan fingerprint density at radius 2 is 1.85 bits per heavy atom. The summed E-state index contributed by atoms with van der Waals surface area (Å²) in [7, 11) is 0. The molecule has 0 heterocycles. The molecule has 0 bridgehead atoms. The van der Waals surface area contributed by atoms with E-state index in [0.717, 1.165) is 10.7 Å². The van der Waals surface area contributed by atoms with Crippen LogP contribution in [-0.2, 0) is 0 Å². The lowest BCUT2D eigenvalue weighted by Gasteiger charge is -1.94. The Kier molecular flexibility index (Phi) is 7.41. The van der Waals surface area contributed by atoms with Crippen LogP contribution >= 0.6 is 11.8 Å². The summed E-state index contributed by atoms with van der Waals surface area (Å²) in [6, 6.07) is 0. The highest BCUT2D eigenvalue weighted by Gasteiger charge is 1.87. The minimum Gasteiger partial charge on any atom is -0.252 e. The summed E-state index contributed by atoms with van der Waals surface area (Å²) < 4.78 is 0. The van der Waals surface area contributed by atoms with Gasteiger partial charge in [0.15, 0.2) is 0 Å². The van der Waals surface area contributed by atoms with E-state index in [4.69, 9.17) is 0 Å². The number of allylic oxidation sites excluding steroid dienone is 5. The molecule has 0 atom stereocenters. The van der Waals surface area contributed by atoms with Crippen molar-refractivity contribution in [2.45, 2.75) is 27.7 Å². The SMILES string of the molecule is C/C=C\C=C\S/C(C)=N\C(C)=C\C. The summed E-state index contributed by atoms with van der Waals surface area (Å²) in [5.74, 6) is 0. The number of hydrogen-bond acceptors (Lipinski definition) is 2. The maximum absolute atomic E-state index is 4.36. The molecule has 0 aliphatic heterocycles. The predicted octanol–water partition coefficient (Wildman–Crippen LogP) is 4.15. The highest BCUT2D eigenvalue weighted by Crippen LogP contribution is 2.08. The van der Waals surface area contributed by atoms with Crippen molar-refractivity contribution in [1.82, 2.24) is 0 Å². The Bertz CT molecular complexity index is 247. The second kappa shape index (κ2) is 7.87. The Morgan fingerprint density at radius 1 is 1.15 bits per heavy atom. The van der Waals surface area contributed by atoms with Crippen LogP contribution in [0.2, 0.25) is 0 Å². The van der Waals surface area contributed by atoms with E-state index in [1.807, 2.05) is 57.4 Å². The molecule has 0 amide bonds. The first kappa shape index (κ1) is 12.2. The van der Waals surface area contributed by atoms with Crippen LogP contribution in [-0.4, -0.2) is 5.04 Å². The summed E-state index contributed by atoms with van der Waals surface area (Å²) in [6.07, 6.45) is 8.01. The molecule has 0 N–H and O–H groups in total. The van der Waals surface area contributed by atoms with Gasteiger partial charge in [-0.1, -0.05) is 36.1 Å². The zero-order valence-electron chi connectivity index (χ0n) is 8.74. The maximum Gasteiger partial charge on any atom is 0.0745 e. The molecule has 0 aromatic carbocycles. The standard InChI is InChI=1S/C11H17NS/c1-5-7-8-9-13-11(4)12-10(3)6-2/h5-9H,1-4H3/b7-5-,9-8+,10-6+,12-11-. The van der Waals surface area contributed by atoms with Gasteiger partial charge in [0, 0.05) is 5.70 Å². The van der Waals surface area contributed by atoms with Gasteiger partial charge in [0.1, 0.15) is 0 Å². The molecule has 1 nitrogen and oxygen atoms in total. The maximum atomic E-state index is 4.36. The molecule has 0 aliphatic rings. The second-order valence-electron chi connectivity index (χ2n) is 2.53. The van der Waals surface area contributed by atoms with Crippen molar-refractivity contribution in [2.24, 2.45) is 4.99 Å². The van der Waals surface area contributed by atoms with Crippen LogP contribution in [0.1, 0.15) is 27.7 Å². The van der Waals surface area contributed by atoms with Crippen molar-refractivity contribution in [1.29, 1.82) is 0 Å². The number of hydrogen-bond donors (Lipinski definition) is 0. The van der Waals surface area contributed by atoms with E-state index in [1.54, 1.807) is 11.8 Å². The van der Waals surface area contributed by atoms with Gasteiger partial charge in [-0.3, -0.25) is 4.99 Å². The summed E-state index contributed by atoms with van der Waals surface area (Å²) in [6.45, 7) is 8.00. The molecule has 0 aromatic heterocycles. The number of aliphatic imine (C=N–C) groups is 1. The number of rotatable bonds is 3. The fourth-order valence-corrected chi connectivity index (χ4v) is 1.20. The third kappa shape index (κ3) is 7.60. The third-order valence-corrected chi connectivity index (χ3v) is 2.10. The van der Waals surface area contributed by atoms with E-state index in [0.29, 0.717) is 0 Å². The van der Waals surface area contributed by atoms with Gasteiger partial charge in [0.2, 0.25) is 0 Å². The average molecular weight is 195 g/mol. The van der Waals surface area contributed by atoms with E-state index in [-0.39, 0.29) is 0 Å². The fourth-order valence-electron chi connectivity index (χ4n) is 0.633. The highest BCUT2D eigenvalue weighted by molar-refractivity contribution is 8.16. The van der Waals surface area contributed by atoms with Crippen LogP contribution in [0.4, 0.5) is 0 Å². The lowest BCUT2D eigenvalue weighted by molar-refractivity contribution is 1.29. The van der Waals surface area contributed by atoms with Crippen LogP contribution in [0.5, 0.6) is 0 Å². The molecule has 2 heteroatoms. The van der Waals surface area contributed by atoms with Gasteiger partial charge in [0.25, 0.3) is 0 Å². The van der Waals surface area contributed by atoms with E-state index < -0.39 is 0 Å². The largest absolute Gasteiger partial charge is 0.252 e. The number of thioether (sulfide) groups is 1. The lowest BCUT2D eigenvalue weighted by Crippen LogP contribution is -1.80. The monoisotopic (exact) mass is 195 g/mol. The van der Waals surface area contributed by atoms with Gasteiger partial charge in [-0.15, -0.1) is 0 Å². The molecule has 0 aliphatic carbocycles. The Morgan fingerprint density at radius 3 is 2.38 bits per heavy atom. The molecular weight excluding hydrogens is 178 g/mol. The molecular formula is C11H17NS. The first-order chi connectivity index (χ1) is 6.20. The Labute approximate surface area is 85.3 Å². The van der Waals surface area contributed by atoms with Crippen LogP contribution in [0, 0.1) is 0 Å². The van der Waals surface area contributed by atoms with E-state index >= 15 is 0 Å². The second-order valence-corrected chi connectivity index (χ2v) is 3.63. The van der Waals surface area contributed by atoms with Gasteiger partial charge in [0.05, 0.1) is 5.04 Å². The van der Waals surface area contributed by atoms with Crippen molar-refractivity contribution in [3.8, 4) is 0 Å². The smallest absolute Gasteiger partial charge is 0.0745 e. The molecule has 0 fully saturated rings. The van der Waals surface area contributed by atoms with Crippen molar-refractivity contribution in [2.75, 3.05) is 0 Å². The van der Waals surface area contributed by atoms with Crippen molar-refractivity contribution in [3.63, 3.8) is 0 Å². The van der Waals surface area contributed by atoms with Gasteiger partial charge < -0.3 is 0 Å². The van der Waals surface area contributed by atoms with Gasteiger partial charge >= 0.3 is 0 Å². The summed E-state index contributed by atoms with van der Waals surface area (Å²) >= 11 is 1.64. The van der Waals surface area contributed by atoms with E-state index in [2.05, 4.69) is 4.99 Å². The summed E-state index contributed by atoms with van der Waals surface area (Å²) in [5, 5.41) is 3.10. The molecule has 0 saturated heterocycles. The van der Waals surface area contributed by atoms with E-state index in [9.17, 15) is 0 Å². The average Bonchev–Trinajstić information content (AvgIpc) is 2.12. The zero-order chi connectivity index (χ0) is 10.1. The topological polar surface area (TPSA) is 12.4 Å². The highest BCUT2D eigenvalue weighted by atomic mass is 32.2. The van der Waals surface area contributed by atoms with Gasteiger partial charge in [-0.2, -0.15) is 0 Å². The fraction of sp³-hybridized carbons (Fsp3) is 0.364. The molecule has 13 heavy (non-hydrogen) atoms. The van der Waals surface area contributed by atoms with Crippen LogP contribution in [0.3, 0.4) is 0 Å². The quantitative estimate of drug-likeness (QED) is 0.374. The zero-order valence-corrected chi connectivity index (χ0v) is 9.56. The Hall–Kier alpha value is -0.760. The van der Waals surface area contributed by atoms with E-state index in [1.165, 1.54) is 0 Å². The first-order valence-corrected chi connectivity index (χ1v) is 5.21. The molecule has 0 unspecified atom stereocenters. The van der Waals surface area contributed by atoms with Crippen LogP contribution in [0.15, 0.2) is 40.4 Å². The molecule has 0 radical (unpaired) electrons. The van der Waals surface area contributed by atoms with Crippen LogP contribution < -0.4 is 0 Å². The molecule has 0 aromatic rings. The van der Waals surface area contributed by atoms with Crippen molar-refractivity contribution < 1.29 is 0 Å². The van der Waals surface area contributed by atoms with Crippen LogP contribution in [0.25, 0.3) is 0 Å². The lowest BCUT2D eigenvalue weighted by atomic mass is 10.5. The molecule has 72 valence electrons. The number of nitrogens with zero attached hydrogens (tertiary/aromatic N) is 1. The van der Waals surface area contributed by atoms with Gasteiger partial charge in [-0.05, 0) is 33.1 Å². The normalized spacial score (nSPS) is 14.8.